The standard InChI is InChI=1S/C13H23N3O7S/c1-3-5-22-13(18)16-8-11(23-24(2,19)20)7-10(16)9-21-6-4-15-12(14)17/h3,10-11H,1,4-9H2,2H3,(H3,14,15,17)/t10-,11+/m0/s1. The fourth-order valence-electron chi connectivity index (χ4n) is 2.25. The topological polar surface area (TPSA) is 137 Å². The summed E-state index contributed by atoms with van der Waals surface area (Å²) in [4.78, 5) is 23.9. The van der Waals surface area contributed by atoms with E-state index in [2.05, 4.69) is 11.9 Å². The lowest BCUT2D eigenvalue weighted by Crippen LogP contribution is -2.39. The molecule has 0 aliphatic carbocycles. The number of rotatable bonds is 9. The van der Waals surface area contributed by atoms with E-state index >= 15 is 0 Å². The molecule has 0 aromatic heterocycles. The lowest BCUT2D eigenvalue weighted by molar-refractivity contribution is 0.0633. The van der Waals surface area contributed by atoms with Crippen molar-refractivity contribution in [1.82, 2.24) is 10.2 Å². The predicted octanol–water partition coefficient (Wildman–Crippen LogP) is -0.587. The molecule has 1 heterocycles. The zero-order valence-corrected chi connectivity index (χ0v) is 14.3. The first-order valence-electron chi connectivity index (χ1n) is 7.26. The Balaban J connectivity index is 2.56. The molecule has 1 rings (SSSR count). The molecule has 1 aliphatic heterocycles. The molecule has 1 aliphatic rings. The van der Waals surface area contributed by atoms with E-state index in [0.29, 0.717) is 6.42 Å². The van der Waals surface area contributed by atoms with Crippen molar-refractivity contribution in [2.75, 3.05) is 39.2 Å². The van der Waals surface area contributed by atoms with Gasteiger partial charge in [0.1, 0.15) is 6.61 Å². The maximum atomic E-state index is 12.0. The molecule has 0 aromatic rings. The molecular formula is C13H23N3O7S. The first-order chi connectivity index (χ1) is 11.2. The van der Waals surface area contributed by atoms with E-state index in [1.165, 1.54) is 11.0 Å². The summed E-state index contributed by atoms with van der Waals surface area (Å²) >= 11 is 0. The van der Waals surface area contributed by atoms with Gasteiger partial charge in [-0.1, -0.05) is 12.7 Å². The number of nitrogens with one attached hydrogen (secondary N) is 1. The summed E-state index contributed by atoms with van der Waals surface area (Å²) in [6.07, 6.45) is 1.41. The number of hydrogen-bond donors (Lipinski definition) is 2. The third kappa shape index (κ3) is 7.62. The van der Waals surface area contributed by atoms with Gasteiger partial charge in [-0.2, -0.15) is 8.42 Å². The number of amides is 3. The van der Waals surface area contributed by atoms with Crippen LogP contribution in [0.4, 0.5) is 9.59 Å². The highest BCUT2D eigenvalue weighted by atomic mass is 32.2. The fraction of sp³-hybridized carbons (Fsp3) is 0.692. The van der Waals surface area contributed by atoms with Crippen LogP contribution < -0.4 is 11.1 Å². The summed E-state index contributed by atoms with van der Waals surface area (Å²) < 4.78 is 37.8. The van der Waals surface area contributed by atoms with Crippen molar-refractivity contribution >= 4 is 22.2 Å². The summed E-state index contributed by atoms with van der Waals surface area (Å²) in [5.74, 6) is 0. The van der Waals surface area contributed by atoms with Crippen molar-refractivity contribution in [2.45, 2.75) is 18.6 Å². The highest BCUT2D eigenvalue weighted by Crippen LogP contribution is 2.23. The highest BCUT2D eigenvalue weighted by Gasteiger charge is 2.38. The van der Waals surface area contributed by atoms with Crippen LogP contribution in [0, 0.1) is 0 Å². The minimum Gasteiger partial charge on any atom is -0.445 e. The monoisotopic (exact) mass is 365 g/mol. The zero-order chi connectivity index (χ0) is 18.2. The molecule has 3 N–H and O–H groups in total. The first-order valence-corrected chi connectivity index (χ1v) is 9.08. The third-order valence-corrected chi connectivity index (χ3v) is 3.72. The summed E-state index contributed by atoms with van der Waals surface area (Å²) in [7, 11) is -3.63. The van der Waals surface area contributed by atoms with Crippen molar-refractivity contribution in [3.05, 3.63) is 12.7 Å². The lowest BCUT2D eigenvalue weighted by Gasteiger charge is -2.23. The molecule has 3 amide bonds. The van der Waals surface area contributed by atoms with Crippen LogP contribution in [0.15, 0.2) is 12.7 Å². The number of ether oxygens (including phenoxy) is 2. The first kappa shape index (κ1) is 20.2. The Kier molecular flexibility index (Phi) is 7.95. The molecule has 0 unspecified atom stereocenters. The number of hydrogen-bond acceptors (Lipinski definition) is 7. The van der Waals surface area contributed by atoms with Crippen molar-refractivity contribution < 1.29 is 31.7 Å². The van der Waals surface area contributed by atoms with Crippen molar-refractivity contribution in [1.29, 1.82) is 0 Å². The maximum Gasteiger partial charge on any atom is 0.410 e. The van der Waals surface area contributed by atoms with Gasteiger partial charge in [-0.05, 0) is 6.42 Å². The van der Waals surface area contributed by atoms with Crippen LogP contribution in [-0.2, 0) is 23.8 Å². The van der Waals surface area contributed by atoms with E-state index in [0.717, 1.165) is 6.26 Å². The van der Waals surface area contributed by atoms with Gasteiger partial charge in [-0.15, -0.1) is 0 Å². The molecule has 11 heteroatoms. The average molecular weight is 365 g/mol. The predicted molar refractivity (Wildman–Crippen MR) is 84.8 cm³/mol. The highest BCUT2D eigenvalue weighted by molar-refractivity contribution is 7.86. The van der Waals surface area contributed by atoms with E-state index < -0.39 is 34.4 Å². The Morgan fingerprint density at radius 3 is 2.75 bits per heavy atom. The van der Waals surface area contributed by atoms with Gasteiger partial charge in [0, 0.05) is 6.54 Å². The number of carbonyl (C=O) groups is 2. The Bertz CT molecular complexity index is 552. The van der Waals surface area contributed by atoms with Crippen LogP contribution >= 0.6 is 0 Å². The molecule has 1 saturated heterocycles. The number of urea groups is 1. The van der Waals surface area contributed by atoms with Crippen molar-refractivity contribution in [3.63, 3.8) is 0 Å². The van der Waals surface area contributed by atoms with Crippen LogP contribution in [0.3, 0.4) is 0 Å². The van der Waals surface area contributed by atoms with Gasteiger partial charge in [0.2, 0.25) is 0 Å². The van der Waals surface area contributed by atoms with E-state index in [-0.39, 0.29) is 32.9 Å². The second-order valence-electron chi connectivity index (χ2n) is 5.20. The number of nitrogens with zero attached hydrogens (tertiary/aromatic N) is 1. The SMILES string of the molecule is C=CCOC(=O)N1C[C@H](OS(C)(=O)=O)C[C@H]1COCCNC(N)=O. The Morgan fingerprint density at radius 1 is 1.46 bits per heavy atom. The van der Waals surface area contributed by atoms with E-state index in [4.69, 9.17) is 19.4 Å². The van der Waals surface area contributed by atoms with E-state index in [1.54, 1.807) is 0 Å². The Labute approximate surface area is 141 Å². The van der Waals surface area contributed by atoms with Crippen LogP contribution in [0.1, 0.15) is 6.42 Å². The van der Waals surface area contributed by atoms with Gasteiger partial charge in [0.05, 0.1) is 38.2 Å². The van der Waals surface area contributed by atoms with E-state index in [9.17, 15) is 18.0 Å². The molecule has 0 radical (unpaired) electrons. The van der Waals surface area contributed by atoms with Gasteiger partial charge in [-0.3, -0.25) is 4.18 Å². The smallest absolute Gasteiger partial charge is 0.410 e. The maximum absolute atomic E-state index is 12.0. The lowest BCUT2D eigenvalue weighted by atomic mass is 10.2. The summed E-state index contributed by atoms with van der Waals surface area (Å²) in [5.41, 5.74) is 4.93. The molecular weight excluding hydrogens is 342 g/mol. The van der Waals surface area contributed by atoms with Gasteiger partial charge in [0.15, 0.2) is 0 Å². The molecule has 10 nitrogen and oxygen atoms in total. The van der Waals surface area contributed by atoms with Gasteiger partial charge in [-0.25, -0.2) is 9.59 Å². The minimum absolute atomic E-state index is 0.0447. The van der Waals surface area contributed by atoms with Gasteiger partial charge < -0.3 is 25.4 Å². The Hall–Kier alpha value is -1.85. The summed E-state index contributed by atoms with van der Waals surface area (Å²) in [5, 5.41) is 2.37. The number of nitrogens with two attached hydrogens (primary N) is 1. The zero-order valence-electron chi connectivity index (χ0n) is 13.5. The van der Waals surface area contributed by atoms with Crippen LogP contribution in [0.5, 0.6) is 0 Å². The molecule has 0 aromatic carbocycles. The summed E-state index contributed by atoms with van der Waals surface area (Å²) in [6, 6.07) is -1.06. The molecule has 138 valence electrons. The minimum atomic E-state index is -3.63. The molecule has 1 fully saturated rings. The number of carbonyl (C=O) groups excluding carboxylic acids is 2. The number of likely N-dealkylation sites (tertiary alicyclic amines) is 1. The quantitative estimate of drug-likeness (QED) is 0.316. The van der Waals surface area contributed by atoms with Gasteiger partial charge >= 0.3 is 12.1 Å². The van der Waals surface area contributed by atoms with Crippen molar-refractivity contribution in [3.8, 4) is 0 Å². The molecule has 24 heavy (non-hydrogen) atoms. The Morgan fingerprint density at radius 2 is 2.17 bits per heavy atom. The normalized spacial score (nSPS) is 20.6. The molecule has 0 spiro atoms. The number of primary amides is 1. The third-order valence-electron chi connectivity index (χ3n) is 3.10. The van der Waals surface area contributed by atoms with Crippen LogP contribution in [0.2, 0.25) is 0 Å². The van der Waals surface area contributed by atoms with E-state index in [1.807, 2.05) is 0 Å². The van der Waals surface area contributed by atoms with Crippen LogP contribution in [-0.4, -0.2) is 76.8 Å². The second kappa shape index (κ2) is 9.45. The van der Waals surface area contributed by atoms with Crippen molar-refractivity contribution in [2.24, 2.45) is 5.73 Å². The van der Waals surface area contributed by atoms with Crippen LogP contribution in [0.25, 0.3) is 0 Å². The summed E-state index contributed by atoms with van der Waals surface area (Å²) in [6.45, 7) is 4.16. The second-order valence-corrected chi connectivity index (χ2v) is 6.80. The molecule has 2 atom stereocenters. The average Bonchev–Trinajstić information content (AvgIpc) is 2.84. The fourth-order valence-corrected chi connectivity index (χ4v) is 2.88. The molecule has 0 saturated carbocycles. The molecule has 0 bridgehead atoms. The van der Waals surface area contributed by atoms with Gasteiger partial charge in [0.25, 0.3) is 10.1 Å². The largest absolute Gasteiger partial charge is 0.445 e.